The van der Waals surface area contributed by atoms with Gasteiger partial charge in [0.05, 0.1) is 6.54 Å². The van der Waals surface area contributed by atoms with Crippen LogP contribution >= 0.6 is 0 Å². The molecule has 140 valence electrons. The topological polar surface area (TPSA) is 32.3 Å². The Bertz CT molecular complexity index is 662. The van der Waals surface area contributed by atoms with Crippen molar-refractivity contribution in [3.05, 3.63) is 35.4 Å². The summed E-state index contributed by atoms with van der Waals surface area (Å²) in [6, 6.07) is 8.99. The predicted molar refractivity (Wildman–Crippen MR) is 104 cm³/mol. The van der Waals surface area contributed by atoms with E-state index in [1.807, 2.05) is 0 Å². The summed E-state index contributed by atoms with van der Waals surface area (Å²) in [5, 5.41) is 3.43. The maximum Gasteiger partial charge on any atom is 0.234 e. The first-order valence-corrected chi connectivity index (χ1v) is 10.7. The fourth-order valence-corrected chi connectivity index (χ4v) is 7.04. The molecule has 1 aliphatic heterocycles. The molecule has 4 aliphatic carbocycles. The van der Waals surface area contributed by atoms with E-state index in [9.17, 15) is 4.79 Å². The zero-order valence-electron chi connectivity index (χ0n) is 16.0. The first-order chi connectivity index (χ1) is 12.6. The molecule has 6 rings (SSSR count). The Morgan fingerprint density at radius 2 is 1.73 bits per heavy atom. The summed E-state index contributed by atoms with van der Waals surface area (Å²) in [7, 11) is 0. The molecule has 4 fully saturated rings. The molecule has 0 spiro atoms. The highest BCUT2D eigenvalue weighted by atomic mass is 16.2. The number of fused-ring (bicyclic) bond motifs is 1. The first kappa shape index (κ1) is 16.8. The second-order valence-corrected chi connectivity index (χ2v) is 9.80. The molecular weight excluding hydrogens is 320 g/mol. The molecule has 1 N–H and O–H groups in total. The van der Waals surface area contributed by atoms with E-state index in [2.05, 4.69) is 41.4 Å². The number of carbonyl (C=O) groups is 1. The summed E-state index contributed by atoms with van der Waals surface area (Å²) in [6.07, 6.45) is 9.54. The molecule has 0 saturated heterocycles. The molecule has 5 aliphatic rings. The second kappa shape index (κ2) is 6.37. The molecule has 1 atom stereocenters. The Morgan fingerprint density at radius 3 is 2.38 bits per heavy atom. The lowest BCUT2D eigenvalue weighted by Crippen LogP contribution is -2.56. The first-order valence-electron chi connectivity index (χ1n) is 10.7. The van der Waals surface area contributed by atoms with Gasteiger partial charge < -0.3 is 5.32 Å². The maximum atomic E-state index is 12.8. The van der Waals surface area contributed by atoms with Gasteiger partial charge in [0.1, 0.15) is 0 Å². The number of carbonyl (C=O) groups excluding carboxylic acids is 1. The van der Waals surface area contributed by atoms with Crippen molar-refractivity contribution in [1.82, 2.24) is 10.2 Å². The number of rotatable bonds is 4. The van der Waals surface area contributed by atoms with Gasteiger partial charge in [-0.25, -0.2) is 0 Å². The van der Waals surface area contributed by atoms with Gasteiger partial charge in [0.2, 0.25) is 5.91 Å². The number of hydrogen-bond acceptors (Lipinski definition) is 2. The predicted octanol–water partition coefficient (Wildman–Crippen LogP) is 3.77. The summed E-state index contributed by atoms with van der Waals surface area (Å²) < 4.78 is 0. The molecule has 3 heteroatoms. The average molecular weight is 353 g/mol. The molecule has 3 nitrogen and oxygen atoms in total. The number of amides is 1. The summed E-state index contributed by atoms with van der Waals surface area (Å²) in [6.45, 7) is 4.74. The highest BCUT2D eigenvalue weighted by Gasteiger charge is 2.53. The third kappa shape index (κ3) is 2.98. The molecule has 1 aromatic carbocycles. The van der Waals surface area contributed by atoms with E-state index >= 15 is 0 Å². The number of nitrogens with one attached hydrogen (secondary N) is 1. The Balaban J connectivity index is 1.20. The molecule has 26 heavy (non-hydrogen) atoms. The van der Waals surface area contributed by atoms with Crippen molar-refractivity contribution in [3.8, 4) is 0 Å². The van der Waals surface area contributed by atoms with Crippen LogP contribution < -0.4 is 5.32 Å². The Kier molecular flexibility index (Phi) is 4.11. The van der Waals surface area contributed by atoms with Crippen LogP contribution in [0.25, 0.3) is 0 Å². The quantitative estimate of drug-likeness (QED) is 0.895. The molecule has 1 amide bonds. The number of nitrogens with zero attached hydrogens (tertiary/aromatic N) is 1. The van der Waals surface area contributed by atoms with Gasteiger partial charge in [-0.2, -0.15) is 0 Å². The minimum Gasteiger partial charge on any atom is -0.352 e. The number of benzene rings is 1. The smallest absolute Gasteiger partial charge is 0.234 e. The van der Waals surface area contributed by atoms with Crippen molar-refractivity contribution >= 4 is 5.91 Å². The lowest BCUT2D eigenvalue weighted by atomic mass is 9.48. The van der Waals surface area contributed by atoms with Crippen molar-refractivity contribution in [2.75, 3.05) is 13.1 Å². The van der Waals surface area contributed by atoms with Gasteiger partial charge in [0.15, 0.2) is 0 Å². The average Bonchev–Trinajstić information content (AvgIpc) is 2.60. The van der Waals surface area contributed by atoms with E-state index in [-0.39, 0.29) is 5.91 Å². The van der Waals surface area contributed by atoms with Crippen molar-refractivity contribution in [1.29, 1.82) is 0 Å². The van der Waals surface area contributed by atoms with Crippen molar-refractivity contribution < 1.29 is 4.79 Å². The van der Waals surface area contributed by atoms with Gasteiger partial charge >= 0.3 is 0 Å². The van der Waals surface area contributed by atoms with Crippen LogP contribution in [0.15, 0.2) is 24.3 Å². The summed E-state index contributed by atoms with van der Waals surface area (Å²) in [5.41, 5.74) is 3.24. The van der Waals surface area contributed by atoms with E-state index in [0.717, 1.165) is 37.3 Å². The van der Waals surface area contributed by atoms with E-state index in [1.54, 1.807) is 0 Å². The van der Waals surface area contributed by atoms with Gasteiger partial charge in [-0.1, -0.05) is 24.3 Å². The van der Waals surface area contributed by atoms with Crippen LogP contribution in [-0.2, 0) is 17.8 Å². The fraction of sp³-hybridized carbons (Fsp3) is 0.696. The molecule has 0 radical (unpaired) electrons. The lowest BCUT2D eigenvalue weighted by Gasteiger charge is -2.59. The van der Waals surface area contributed by atoms with Crippen LogP contribution in [0.3, 0.4) is 0 Å². The molecule has 4 saturated carbocycles. The van der Waals surface area contributed by atoms with Gasteiger partial charge in [-0.15, -0.1) is 0 Å². The molecule has 4 bridgehead atoms. The monoisotopic (exact) mass is 352 g/mol. The van der Waals surface area contributed by atoms with E-state index in [0.29, 0.717) is 18.0 Å². The normalized spacial score (nSPS) is 36.6. The van der Waals surface area contributed by atoms with Crippen LogP contribution in [0.2, 0.25) is 0 Å². The molecule has 1 aromatic rings. The Hall–Kier alpha value is -1.35. The lowest BCUT2D eigenvalue weighted by molar-refractivity contribution is -0.127. The van der Waals surface area contributed by atoms with Crippen molar-refractivity contribution in [2.24, 2.45) is 23.2 Å². The van der Waals surface area contributed by atoms with E-state index in [4.69, 9.17) is 0 Å². The standard InChI is InChI=1S/C23H32N2O/c1-16(23-11-17-8-18(12-23)10-19(9-17)13-23)24-22(26)15-25-7-6-20-4-2-3-5-21(20)14-25/h2-5,16-19H,6-15H2,1H3,(H,24,26)/t16-,17?,18?,19?,23?/m0/s1. The molecule has 0 unspecified atom stereocenters. The summed E-state index contributed by atoms with van der Waals surface area (Å²) in [5.74, 6) is 3.06. The van der Waals surface area contributed by atoms with Crippen LogP contribution in [-0.4, -0.2) is 29.9 Å². The minimum atomic E-state index is 0.229. The number of hydrogen-bond donors (Lipinski definition) is 1. The maximum absolute atomic E-state index is 12.8. The SMILES string of the molecule is C[C@H](NC(=O)CN1CCc2ccccc2C1)C12CC3CC(CC(C3)C1)C2. The zero-order valence-corrected chi connectivity index (χ0v) is 16.0. The Labute approximate surface area is 157 Å². The summed E-state index contributed by atoms with van der Waals surface area (Å²) >= 11 is 0. The highest BCUT2D eigenvalue weighted by molar-refractivity contribution is 5.78. The highest BCUT2D eigenvalue weighted by Crippen LogP contribution is 2.61. The van der Waals surface area contributed by atoms with Gasteiger partial charge in [0.25, 0.3) is 0 Å². The van der Waals surface area contributed by atoms with Gasteiger partial charge in [-0.3, -0.25) is 9.69 Å². The van der Waals surface area contributed by atoms with Crippen LogP contribution in [0.1, 0.15) is 56.6 Å². The fourth-order valence-electron chi connectivity index (χ4n) is 7.04. The van der Waals surface area contributed by atoms with Gasteiger partial charge in [0, 0.05) is 19.1 Å². The van der Waals surface area contributed by atoms with Gasteiger partial charge in [-0.05, 0) is 86.2 Å². The Morgan fingerprint density at radius 1 is 1.12 bits per heavy atom. The van der Waals surface area contributed by atoms with Crippen LogP contribution in [0.5, 0.6) is 0 Å². The third-order valence-electron chi connectivity index (χ3n) is 7.96. The van der Waals surface area contributed by atoms with E-state index < -0.39 is 0 Å². The molecular formula is C23H32N2O. The molecule has 0 aromatic heterocycles. The van der Waals surface area contributed by atoms with Crippen molar-refractivity contribution in [2.45, 2.75) is 64.5 Å². The van der Waals surface area contributed by atoms with Crippen molar-refractivity contribution in [3.63, 3.8) is 0 Å². The largest absolute Gasteiger partial charge is 0.352 e. The second-order valence-electron chi connectivity index (χ2n) is 9.80. The van der Waals surface area contributed by atoms with Crippen LogP contribution in [0, 0.1) is 23.2 Å². The third-order valence-corrected chi connectivity index (χ3v) is 7.96. The molecule has 1 heterocycles. The zero-order chi connectivity index (χ0) is 17.7. The summed E-state index contributed by atoms with van der Waals surface area (Å²) in [4.78, 5) is 15.1. The minimum absolute atomic E-state index is 0.229. The van der Waals surface area contributed by atoms with Crippen LogP contribution in [0.4, 0.5) is 0 Å². The van der Waals surface area contributed by atoms with E-state index in [1.165, 1.54) is 49.7 Å².